The van der Waals surface area contributed by atoms with Gasteiger partial charge in [-0.25, -0.2) is 0 Å². The molecule has 1 aliphatic rings. The molecule has 2 nitrogen and oxygen atoms in total. The number of aliphatic hydroxyl groups is 1. The van der Waals surface area contributed by atoms with Crippen LogP contribution in [0.15, 0.2) is 41.8 Å². The number of aliphatic hydroxyl groups excluding tert-OH is 1. The van der Waals surface area contributed by atoms with E-state index in [4.69, 9.17) is 5.11 Å². The van der Waals surface area contributed by atoms with E-state index >= 15 is 0 Å². The molecule has 1 unspecified atom stereocenters. The first-order chi connectivity index (χ1) is 9.36. The van der Waals surface area contributed by atoms with Crippen molar-refractivity contribution in [2.45, 2.75) is 32.0 Å². The largest absolute Gasteiger partial charge is 0.392 e. The number of thiophene rings is 1. The molecular formula is C16H19NOS. The maximum absolute atomic E-state index is 9.04. The second-order valence-electron chi connectivity index (χ2n) is 5.19. The van der Waals surface area contributed by atoms with Crippen LogP contribution in [-0.4, -0.2) is 5.11 Å². The van der Waals surface area contributed by atoms with Gasteiger partial charge in [0.2, 0.25) is 0 Å². The van der Waals surface area contributed by atoms with Gasteiger partial charge in [0.15, 0.2) is 0 Å². The maximum atomic E-state index is 9.04. The molecule has 2 aromatic rings. The summed E-state index contributed by atoms with van der Waals surface area (Å²) in [5.41, 5.74) is 2.25. The Balaban J connectivity index is 1.63. The normalized spacial score (nSPS) is 16.5. The molecule has 0 saturated heterocycles. The Bertz CT molecular complexity index is 502. The summed E-state index contributed by atoms with van der Waals surface area (Å²) in [7, 11) is 0. The smallest absolute Gasteiger partial charge is 0.0681 e. The van der Waals surface area contributed by atoms with Crippen LogP contribution >= 0.6 is 11.3 Å². The summed E-state index contributed by atoms with van der Waals surface area (Å²) < 4.78 is 0. The predicted octanol–water partition coefficient (Wildman–Crippen LogP) is 3.48. The lowest BCUT2D eigenvalue weighted by Crippen LogP contribution is -2.21. The molecule has 3 heteroatoms. The zero-order valence-electron chi connectivity index (χ0n) is 10.9. The van der Waals surface area contributed by atoms with Gasteiger partial charge in [0.05, 0.1) is 6.61 Å². The first-order valence-corrected chi connectivity index (χ1v) is 7.70. The van der Waals surface area contributed by atoms with Crippen molar-refractivity contribution in [1.29, 1.82) is 0 Å². The third kappa shape index (κ3) is 3.24. The van der Waals surface area contributed by atoms with Crippen LogP contribution in [-0.2, 0) is 13.2 Å². The van der Waals surface area contributed by atoms with E-state index in [1.54, 1.807) is 0 Å². The number of hydrogen-bond donors (Lipinski definition) is 2. The summed E-state index contributed by atoms with van der Waals surface area (Å²) in [5.74, 6) is 0.815. The number of benzene rings is 1. The lowest BCUT2D eigenvalue weighted by molar-refractivity contribution is 0.282. The minimum atomic E-state index is 0.119. The Morgan fingerprint density at radius 2 is 1.89 bits per heavy atom. The minimum absolute atomic E-state index is 0.119. The first-order valence-electron chi connectivity index (χ1n) is 6.82. The van der Waals surface area contributed by atoms with Crippen LogP contribution < -0.4 is 5.32 Å². The standard InChI is InChI=1S/C16H19NOS/c18-11-13-5-3-12(4-6-13)10-17-16(14-7-8-14)15-2-1-9-19-15/h1-6,9,14,16-18H,7-8,10-11H2. The molecule has 1 fully saturated rings. The second kappa shape index (κ2) is 5.87. The van der Waals surface area contributed by atoms with Crippen molar-refractivity contribution in [3.63, 3.8) is 0 Å². The van der Waals surface area contributed by atoms with Gasteiger partial charge in [-0.15, -0.1) is 11.3 Å². The van der Waals surface area contributed by atoms with E-state index in [0.29, 0.717) is 6.04 Å². The molecule has 100 valence electrons. The van der Waals surface area contributed by atoms with Gasteiger partial charge in [0, 0.05) is 17.5 Å². The fraction of sp³-hybridized carbons (Fsp3) is 0.375. The van der Waals surface area contributed by atoms with Crippen molar-refractivity contribution >= 4 is 11.3 Å². The lowest BCUT2D eigenvalue weighted by Gasteiger charge is -2.17. The molecule has 1 atom stereocenters. The highest BCUT2D eigenvalue weighted by Gasteiger charge is 2.32. The van der Waals surface area contributed by atoms with Gasteiger partial charge in [0.1, 0.15) is 0 Å². The zero-order valence-corrected chi connectivity index (χ0v) is 11.7. The van der Waals surface area contributed by atoms with Gasteiger partial charge in [0.25, 0.3) is 0 Å². The molecule has 1 aliphatic carbocycles. The molecule has 0 bridgehead atoms. The first kappa shape index (κ1) is 12.9. The van der Waals surface area contributed by atoms with Gasteiger partial charge in [-0.1, -0.05) is 30.3 Å². The van der Waals surface area contributed by atoms with Crippen LogP contribution in [0.25, 0.3) is 0 Å². The highest BCUT2D eigenvalue weighted by atomic mass is 32.1. The molecule has 1 aromatic heterocycles. The third-order valence-corrected chi connectivity index (χ3v) is 4.63. The summed E-state index contributed by atoms with van der Waals surface area (Å²) in [6.07, 6.45) is 2.69. The highest BCUT2D eigenvalue weighted by molar-refractivity contribution is 7.10. The van der Waals surface area contributed by atoms with E-state index in [2.05, 4.69) is 35.0 Å². The molecule has 2 N–H and O–H groups in total. The summed E-state index contributed by atoms with van der Waals surface area (Å²) in [6, 6.07) is 13.1. The van der Waals surface area contributed by atoms with Crippen LogP contribution in [0, 0.1) is 5.92 Å². The Kier molecular flexibility index (Phi) is 3.97. The predicted molar refractivity (Wildman–Crippen MR) is 79.0 cm³/mol. The molecule has 3 rings (SSSR count). The number of nitrogens with one attached hydrogen (secondary N) is 1. The van der Waals surface area contributed by atoms with E-state index in [9.17, 15) is 0 Å². The fourth-order valence-electron chi connectivity index (χ4n) is 2.39. The molecule has 0 spiro atoms. The van der Waals surface area contributed by atoms with Crippen molar-refractivity contribution in [1.82, 2.24) is 5.32 Å². The lowest BCUT2D eigenvalue weighted by atomic mass is 10.1. The van der Waals surface area contributed by atoms with Crippen LogP contribution in [0.4, 0.5) is 0 Å². The van der Waals surface area contributed by atoms with Crippen molar-refractivity contribution in [2.24, 2.45) is 5.92 Å². The number of hydrogen-bond acceptors (Lipinski definition) is 3. The SMILES string of the molecule is OCc1ccc(CNC(c2cccs2)C2CC2)cc1. The molecule has 1 heterocycles. The van der Waals surface area contributed by atoms with E-state index in [1.165, 1.54) is 23.3 Å². The molecule has 0 amide bonds. The van der Waals surface area contributed by atoms with Gasteiger partial charge in [-0.05, 0) is 41.3 Å². The quantitative estimate of drug-likeness (QED) is 0.844. The van der Waals surface area contributed by atoms with Crippen molar-refractivity contribution in [2.75, 3.05) is 0 Å². The second-order valence-corrected chi connectivity index (χ2v) is 6.17. The van der Waals surface area contributed by atoms with Crippen LogP contribution in [0.3, 0.4) is 0 Å². The maximum Gasteiger partial charge on any atom is 0.0681 e. The van der Waals surface area contributed by atoms with Crippen molar-refractivity contribution in [3.05, 3.63) is 57.8 Å². The summed E-state index contributed by atoms with van der Waals surface area (Å²) in [5, 5.41) is 14.9. The van der Waals surface area contributed by atoms with Crippen molar-refractivity contribution < 1.29 is 5.11 Å². The van der Waals surface area contributed by atoms with Gasteiger partial charge >= 0.3 is 0 Å². The van der Waals surface area contributed by atoms with Gasteiger partial charge < -0.3 is 10.4 Å². The average Bonchev–Trinajstić information content (AvgIpc) is 3.14. The molecule has 19 heavy (non-hydrogen) atoms. The average molecular weight is 273 g/mol. The van der Waals surface area contributed by atoms with E-state index in [1.807, 2.05) is 23.5 Å². The fourth-order valence-corrected chi connectivity index (χ4v) is 3.28. The Morgan fingerprint density at radius 1 is 1.16 bits per heavy atom. The van der Waals surface area contributed by atoms with Crippen molar-refractivity contribution in [3.8, 4) is 0 Å². The monoisotopic (exact) mass is 273 g/mol. The molecule has 1 aromatic carbocycles. The van der Waals surface area contributed by atoms with Gasteiger partial charge in [-0.3, -0.25) is 0 Å². The Morgan fingerprint density at radius 3 is 2.47 bits per heavy atom. The highest BCUT2D eigenvalue weighted by Crippen LogP contribution is 2.42. The zero-order chi connectivity index (χ0) is 13.1. The topological polar surface area (TPSA) is 32.3 Å². The molecule has 0 radical (unpaired) electrons. The van der Waals surface area contributed by atoms with Crippen LogP contribution in [0.1, 0.15) is 34.9 Å². The van der Waals surface area contributed by atoms with E-state index in [0.717, 1.165) is 18.0 Å². The van der Waals surface area contributed by atoms with E-state index in [-0.39, 0.29) is 6.61 Å². The molecular weight excluding hydrogens is 254 g/mol. The summed E-state index contributed by atoms with van der Waals surface area (Å²) >= 11 is 1.85. The Labute approximate surface area is 118 Å². The van der Waals surface area contributed by atoms with Gasteiger partial charge in [-0.2, -0.15) is 0 Å². The summed E-state index contributed by atoms with van der Waals surface area (Å²) in [4.78, 5) is 1.45. The third-order valence-electron chi connectivity index (χ3n) is 3.67. The number of rotatable bonds is 6. The van der Waals surface area contributed by atoms with E-state index < -0.39 is 0 Å². The molecule has 1 saturated carbocycles. The van der Waals surface area contributed by atoms with Crippen LogP contribution in [0.2, 0.25) is 0 Å². The Hall–Kier alpha value is -1.16. The molecule has 0 aliphatic heterocycles. The summed E-state index contributed by atoms with van der Waals surface area (Å²) in [6.45, 7) is 1.01. The minimum Gasteiger partial charge on any atom is -0.392 e. The van der Waals surface area contributed by atoms with Crippen LogP contribution in [0.5, 0.6) is 0 Å².